The van der Waals surface area contributed by atoms with Crippen molar-refractivity contribution in [3.63, 3.8) is 0 Å². The molecule has 1 aromatic carbocycles. The second-order valence-corrected chi connectivity index (χ2v) is 3.89. The molecule has 17 heavy (non-hydrogen) atoms. The number of nitrogens with zero attached hydrogens (tertiary/aromatic N) is 2. The Kier molecular flexibility index (Phi) is 2.85. The highest BCUT2D eigenvalue weighted by Gasteiger charge is 2.16. The van der Waals surface area contributed by atoms with Gasteiger partial charge in [0.2, 0.25) is 0 Å². The van der Waals surface area contributed by atoms with Crippen molar-refractivity contribution in [2.24, 2.45) is 0 Å². The van der Waals surface area contributed by atoms with Crippen LogP contribution in [0.25, 0.3) is 5.69 Å². The first-order valence-electron chi connectivity index (χ1n) is 4.74. The number of halogens is 2. The van der Waals surface area contributed by atoms with E-state index in [1.807, 2.05) is 0 Å². The first-order valence-corrected chi connectivity index (χ1v) is 5.12. The number of carboxylic acids is 1. The highest BCUT2D eigenvalue weighted by atomic mass is 35.5. The topological polar surface area (TPSA) is 55.1 Å². The monoisotopic (exact) mass is 254 g/mol. The molecule has 0 fully saturated rings. The van der Waals surface area contributed by atoms with Crippen molar-refractivity contribution in [2.75, 3.05) is 0 Å². The SMILES string of the molecule is Cc1c(C(=O)O)cnn1-c1cc(Cl)ccc1F. The average molecular weight is 255 g/mol. The predicted octanol–water partition coefficient (Wildman–Crippen LogP) is 2.67. The number of hydrogen-bond acceptors (Lipinski definition) is 2. The first-order chi connectivity index (χ1) is 8.00. The van der Waals surface area contributed by atoms with Crippen molar-refractivity contribution >= 4 is 17.6 Å². The summed E-state index contributed by atoms with van der Waals surface area (Å²) in [4.78, 5) is 10.8. The molecule has 0 atom stereocenters. The maximum atomic E-state index is 13.6. The molecule has 1 aromatic heterocycles. The van der Waals surface area contributed by atoms with Crippen molar-refractivity contribution in [2.45, 2.75) is 6.92 Å². The van der Waals surface area contributed by atoms with Crippen LogP contribution in [0.1, 0.15) is 16.1 Å². The van der Waals surface area contributed by atoms with Gasteiger partial charge in [-0.05, 0) is 25.1 Å². The fourth-order valence-corrected chi connectivity index (χ4v) is 1.68. The summed E-state index contributed by atoms with van der Waals surface area (Å²) in [6.45, 7) is 1.55. The lowest BCUT2D eigenvalue weighted by Gasteiger charge is -2.06. The van der Waals surface area contributed by atoms with Gasteiger partial charge in [-0.2, -0.15) is 5.10 Å². The van der Waals surface area contributed by atoms with Gasteiger partial charge in [-0.25, -0.2) is 13.9 Å². The third kappa shape index (κ3) is 2.01. The quantitative estimate of drug-likeness (QED) is 0.896. The van der Waals surface area contributed by atoms with Crippen LogP contribution in [0.5, 0.6) is 0 Å². The molecule has 0 aliphatic carbocycles. The molecule has 4 nitrogen and oxygen atoms in total. The van der Waals surface area contributed by atoms with Crippen molar-refractivity contribution < 1.29 is 14.3 Å². The Hall–Kier alpha value is -1.88. The van der Waals surface area contributed by atoms with Crippen LogP contribution in [0.2, 0.25) is 5.02 Å². The molecule has 0 unspecified atom stereocenters. The summed E-state index contributed by atoms with van der Waals surface area (Å²) >= 11 is 5.76. The third-order valence-corrected chi connectivity index (χ3v) is 2.61. The molecule has 0 bridgehead atoms. The van der Waals surface area contributed by atoms with Crippen LogP contribution in [-0.4, -0.2) is 20.9 Å². The molecular formula is C11H8ClFN2O2. The number of aromatic nitrogens is 2. The zero-order valence-corrected chi connectivity index (χ0v) is 9.57. The van der Waals surface area contributed by atoms with Crippen LogP contribution in [0.15, 0.2) is 24.4 Å². The molecule has 0 aliphatic heterocycles. The summed E-state index contributed by atoms with van der Waals surface area (Å²) in [5.74, 6) is -1.62. The van der Waals surface area contributed by atoms with Gasteiger partial charge in [-0.3, -0.25) is 0 Å². The zero-order chi connectivity index (χ0) is 12.6. The Bertz CT molecular complexity index is 595. The molecule has 0 amide bonds. The molecule has 0 saturated heterocycles. The van der Waals surface area contributed by atoms with E-state index in [2.05, 4.69) is 5.10 Å². The minimum absolute atomic E-state index is 0.0318. The largest absolute Gasteiger partial charge is 0.478 e. The van der Waals surface area contributed by atoms with Crippen molar-refractivity contribution in [1.82, 2.24) is 9.78 Å². The molecule has 88 valence electrons. The maximum Gasteiger partial charge on any atom is 0.339 e. The summed E-state index contributed by atoms with van der Waals surface area (Å²) < 4.78 is 14.8. The van der Waals surface area contributed by atoms with E-state index in [0.29, 0.717) is 10.7 Å². The normalized spacial score (nSPS) is 10.5. The zero-order valence-electron chi connectivity index (χ0n) is 8.82. The number of hydrogen-bond donors (Lipinski definition) is 1. The fraction of sp³-hybridized carbons (Fsp3) is 0.0909. The summed E-state index contributed by atoms with van der Waals surface area (Å²) in [7, 11) is 0. The van der Waals surface area contributed by atoms with Gasteiger partial charge in [0.05, 0.1) is 11.9 Å². The van der Waals surface area contributed by atoms with Gasteiger partial charge in [0, 0.05) is 5.02 Å². The number of benzene rings is 1. The van der Waals surface area contributed by atoms with E-state index >= 15 is 0 Å². The van der Waals surface area contributed by atoms with E-state index in [9.17, 15) is 9.18 Å². The van der Waals surface area contributed by atoms with E-state index in [4.69, 9.17) is 16.7 Å². The molecule has 2 rings (SSSR count). The Balaban J connectivity index is 2.61. The molecule has 6 heteroatoms. The smallest absolute Gasteiger partial charge is 0.339 e. The summed E-state index contributed by atoms with van der Waals surface area (Å²) in [5, 5.41) is 13.1. The Labute approximate surface area is 101 Å². The van der Waals surface area contributed by atoms with E-state index in [1.165, 1.54) is 29.1 Å². The van der Waals surface area contributed by atoms with Crippen LogP contribution in [0.3, 0.4) is 0 Å². The number of aromatic carboxylic acids is 1. The van der Waals surface area contributed by atoms with Crippen molar-refractivity contribution in [3.8, 4) is 5.69 Å². The van der Waals surface area contributed by atoms with Gasteiger partial charge < -0.3 is 5.11 Å². The second kappa shape index (κ2) is 4.18. The van der Waals surface area contributed by atoms with Gasteiger partial charge in [0.25, 0.3) is 0 Å². The summed E-state index contributed by atoms with van der Waals surface area (Å²) in [5.41, 5.74) is 0.505. The molecule has 0 radical (unpaired) electrons. The molecule has 0 aliphatic rings. The summed E-state index contributed by atoms with van der Waals surface area (Å²) in [6, 6.07) is 4.01. The third-order valence-electron chi connectivity index (χ3n) is 2.38. The first kappa shape index (κ1) is 11.6. The van der Waals surface area contributed by atoms with Crippen LogP contribution >= 0.6 is 11.6 Å². The molecule has 2 aromatic rings. The average Bonchev–Trinajstić information content (AvgIpc) is 2.64. The van der Waals surface area contributed by atoms with Gasteiger partial charge in [-0.1, -0.05) is 11.6 Å². The number of carbonyl (C=O) groups is 1. The van der Waals surface area contributed by atoms with E-state index in [1.54, 1.807) is 6.92 Å². The summed E-state index contributed by atoms with van der Waals surface area (Å²) in [6.07, 6.45) is 1.18. The molecular weight excluding hydrogens is 247 g/mol. The number of rotatable bonds is 2. The highest BCUT2D eigenvalue weighted by Crippen LogP contribution is 2.21. The minimum atomic E-state index is -1.10. The van der Waals surface area contributed by atoms with Gasteiger partial charge in [0.1, 0.15) is 17.1 Å². The minimum Gasteiger partial charge on any atom is -0.478 e. The van der Waals surface area contributed by atoms with E-state index < -0.39 is 11.8 Å². The van der Waals surface area contributed by atoms with Crippen LogP contribution in [0.4, 0.5) is 4.39 Å². The maximum absolute atomic E-state index is 13.6. The fourth-order valence-electron chi connectivity index (χ4n) is 1.51. The molecule has 0 spiro atoms. The lowest BCUT2D eigenvalue weighted by atomic mass is 10.2. The van der Waals surface area contributed by atoms with Crippen molar-refractivity contribution in [1.29, 1.82) is 0 Å². The highest BCUT2D eigenvalue weighted by molar-refractivity contribution is 6.30. The van der Waals surface area contributed by atoms with Crippen molar-refractivity contribution in [3.05, 3.63) is 46.5 Å². The lowest BCUT2D eigenvalue weighted by molar-refractivity contribution is 0.0696. The van der Waals surface area contributed by atoms with Crippen LogP contribution < -0.4 is 0 Å². The van der Waals surface area contributed by atoms with Gasteiger partial charge in [-0.15, -0.1) is 0 Å². The molecule has 1 heterocycles. The Morgan fingerprint density at radius 1 is 1.53 bits per heavy atom. The molecule has 1 N–H and O–H groups in total. The van der Waals surface area contributed by atoms with Crippen LogP contribution in [-0.2, 0) is 0 Å². The second-order valence-electron chi connectivity index (χ2n) is 3.46. The standard InChI is InChI=1S/C11H8ClFN2O2/c1-6-8(11(16)17)5-14-15(6)10-4-7(12)2-3-9(10)13/h2-5H,1H3,(H,16,17). The Morgan fingerprint density at radius 2 is 2.24 bits per heavy atom. The molecule has 0 saturated carbocycles. The Morgan fingerprint density at radius 3 is 2.82 bits per heavy atom. The van der Waals surface area contributed by atoms with Gasteiger partial charge in [0.15, 0.2) is 0 Å². The predicted molar refractivity (Wildman–Crippen MR) is 60.2 cm³/mol. The van der Waals surface area contributed by atoms with Crippen LogP contribution in [0, 0.1) is 12.7 Å². The number of carboxylic acid groups (broad SMARTS) is 1. The van der Waals surface area contributed by atoms with E-state index in [0.717, 1.165) is 0 Å². The lowest BCUT2D eigenvalue weighted by Crippen LogP contribution is -2.04. The van der Waals surface area contributed by atoms with E-state index in [-0.39, 0.29) is 11.3 Å². The van der Waals surface area contributed by atoms with Gasteiger partial charge >= 0.3 is 5.97 Å².